The third-order valence-electron chi connectivity index (χ3n) is 5.40. The van der Waals surface area contributed by atoms with Gasteiger partial charge in [0.15, 0.2) is 0 Å². The number of amides is 2. The highest BCUT2D eigenvalue weighted by Crippen LogP contribution is 2.30. The standard InChI is InChI=1S/C27H24Cl2N4O4/c1-36-20-6-3-18(4-7-20)26(34)32-24(27(35)31-11-2-13-33-14-12-30-17-33)16-21-8-10-25(37-21)19-5-9-22(28)23(29)15-19/h3-10,12,14-17H,2,11,13H2,1H3,(H,31,35)(H,32,34). The van der Waals surface area contributed by atoms with E-state index >= 15 is 0 Å². The Kier molecular flexibility index (Phi) is 8.66. The molecule has 0 spiro atoms. The summed E-state index contributed by atoms with van der Waals surface area (Å²) >= 11 is 12.1. The van der Waals surface area contributed by atoms with Gasteiger partial charge in [-0.05, 0) is 61.0 Å². The highest BCUT2D eigenvalue weighted by molar-refractivity contribution is 6.42. The lowest BCUT2D eigenvalue weighted by atomic mass is 10.2. The zero-order valence-electron chi connectivity index (χ0n) is 19.9. The number of imidazole rings is 1. The molecule has 0 bridgehead atoms. The third-order valence-corrected chi connectivity index (χ3v) is 6.14. The summed E-state index contributed by atoms with van der Waals surface area (Å²) in [5, 5.41) is 6.37. The number of aromatic nitrogens is 2. The quantitative estimate of drug-likeness (QED) is 0.207. The van der Waals surface area contributed by atoms with Gasteiger partial charge in [-0.3, -0.25) is 9.59 Å². The Hall–Kier alpha value is -4.01. The van der Waals surface area contributed by atoms with Crippen LogP contribution >= 0.6 is 23.2 Å². The normalized spacial score (nSPS) is 11.3. The number of carbonyl (C=O) groups excluding carboxylic acids is 2. The topological polar surface area (TPSA) is 98.4 Å². The molecule has 2 aromatic heterocycles. The van der Waals surface area contributed by atoms with E-state index in [4.69, 9.17) is 32.4 Å². The van der Waals surface area contributed by atoms with Gasteiger partial charge in [-0.25, -0.2) is 4.98 Å². The number of methoxy groups -OCH3 is 1. The SMILES string of the molecule is COc1ccc(C(=O)NC(=Cc2ccc(-c3ccc(Cl)c(Cl)c3)o2)C(=O)NCCCn2ccnc2)cc1. The molecule has 8 nitrogen and oxygen atoms in total. The molecule has 2 aromatic carbocycles. The summed E-state index contributed by atoms with van der Waals surface area (Å²) in [5.74, 6) is 0.637. The summed E-state index contributed by atoms with van der Waals surface area (Å²) in [6, 6.07) is 15.2. The maximum Gasteiger partial charge on any atom is 0.267 e. The van der Waals surface area contributed by atoms with Crippen molar-refractivity contribution in [2.24, 2.45) is 0 Å². The van der Waals surface area contributed by atoms with Gasteiger partial charge in [-0.15, -0.1) is 0 Å². The highest BCUT2D eigenvalue weighted by Gasteiger charge is 2.16. The number of hydrogen-bond acceptors (Lipinski definition) is 5. The van der Waals surface area contributed by atoms with Gasteiger partial charge in [0.1, 0.15) is 23.0 Å². The number of halogens is 2. The number of rotatable bonds is 10. The largest absolute Gasteiger partial charge is 0.497 e. The van der Waals surface area contributed by atoms with Gasteiger partial charge in [0, 0.05) is 42.7 Å². The molecule has 0 aliphatic heterocycles. The first-order valence-corrected chi connectivity index (χ1v) is 12.1. The van der Waals surface area contributed by atoms with Crippen LogP contribution in [0.2, 0.25) is 10.0 Å². The minimum absolute atomic E-state index is 0.0403. The van der Waals surface area contributed by atoms with Gasteiger partial charge >= 0.3 is 0 Å². The second-order valence-corrected chi connectivity index (χ2v) is 8.80. The van der Waals surface area contributed by atoms with E-state index in [-0.39, 0.29) is 5.70 Å². The number of ether oxygens (including phenoxy) is 1. The fourth-order valence-corrected chi connectivity index (χ4v) is 3.75. The monoisotopic (exact) mass is 538 g/mol. The molecule has 0 saturated heterocycles. The van der Waals surface area contributed by atoms with Crippen molar-refractivity contribution in [1.29, 1.82) is 0 Å². The molecule has 0 saturated carbocycles. The minimum atomic E-state index is -0.446. The number of furan rings is 1. The van der Waals surface area contributed by atoms with Crippen molar-refractivity contribution >= 4 is 41.1 Å². The first-order chi connectivity index (χ1) is 17.9. The molecule has 0 aliphatic carbocycles. The smallest absolute Gasteiger partial charge is 0.267 e. The second kappa shape index (κ2) is 12.3. The maximum atomic E-state index is 13.0. The molecule has 2 heterocycles. The van der Waals surface area contributed by atoms with Crippen molar-refractivity contribution in [2.45, 2.75) is 13.0 Å². The number of carbonyl (C=O) groups is 2. The summed E-state index contributed by atoms with van der Waals surface area (Å²) in [6.45, 7) is 1.10. The van der Waals surface area contributed by atoms with E-state index in [1.165, 1.54) is 6.08 Å². The zero-order valence-corrected chi connectivity index (χ0v) is 21.4. The summed E-state index contributed by atoms with van der Waals surface area (Å²) in [6.07, 6.45) is 7.43. The van der Waals surface area contributed by atoms with Crippen LogP contribution in [0.25, 0.3) is 17.4 Å². The van der Waals surface area contributed by atoms with Crippen molar-refractivity contribution in [2.75, 3.05) is 13.7 Å². The molecular weight excluding hydrogens is 515 g/mol. The van der Waals surface area contributed by atoms with Crippen LogP contribution in [0.5, 0.6) is 5.75 Å². The van der Waals surface area contributed by atoms with Gasteiger partial charge in [0.2, 0.25) is 0 Å². The summed E-state index contributed by atoms with van der Waals surface area (Å²) in [5.41, 5.74) is 1.14. The Morgan fingerprint density at radius 2 is 1.89 bits per heavy atom. The summed E-state index contributed by atoms with van der Waals surface area (Å²) in [4.78, 5) is 29.9. The van der Waals surface area contributed by atoms with Crippen molar-refractivity contribution in [3.05, 3.63) is 100 Å². The summed E-state index contributed by atoms with van der Waals surface area (Å²) < 4.78 is 13.0. The molecule has 4 aromatic rings. The number of nitrogens with one attached hydrogen (secondary N) is 2. The lowest BCUT2D eigenvalue weighted by Gasteiger charge is -2.11. The first-order valence-electron chi connectivity index (χ1n) is 11.4. The maximum absolute atomic E-state index is 13.0. The molecule has 37 heavy (non-hydrogen) atoms. The van der Waals surface area contributed by atoms with Gasteiger partial charge in [0.25, 0.3) is 11.8 Å². The Balaban J connectivity index is 1.51. The summed E-state index contributed by atoms with van der Waals surface area (Å²) in [7, 11) is 1.54. The van der Waals surface area contributed by atoms with E-state index in [0.717, 1.165) is 5.56 Å². The molecule has 0 fully saturated rings. The van der Waals surface area contributed by atoms with Crippen LogP contribution in [0.3, 0.4) is 0 Å². The second-order valence-electron chi connectivity index (χ2n) is 7.98. The van der Waals surface area contributed by atoms with Crippen molar-refractivity contribution in [3.63, 3.8) is 0 Å². The first kappa shape index (κ1) is 26.1. The van der Waals surface area contributed by atoms with Crippen LogP contribution in [0.1, 0.15) is 22.5 Å². The molecule has 0 radical (unpaired) electrons. The van der Waals surface area contributed by atoms with E-state index in [2.05, 4.69) is 15.6 Å². The van der Waals surface area contributed by atoms with Gasteiger partial charge in [-0.2, -0.15) is 0 Å². The Labute approximate surface area is 223 Å². The number of hydrogen-bond donors (Lipinski definition) is 2. The molecule has 2 N–H and O–H groups in total. The number of nitrogens with zero attached hydrogens (tertiary/aromatic N) is 2. The number of aryl methyl sites for hydroxylation is 1. The molecule has 10 heteroatoms. The third kappa shape index (κ3) is 7.03. The van der Waals surface area contributed by atoms with Crippen molar-refractivity contribution < 1.29 is 18.7 Å². The van der Waals surface area contributed by atoms with Crippen molar-refractivity contribution in [1.82, 2.24) is 20.2 Å². The lowest BCUT2D eigenvalue weighted by molar-refractivity contribution is -0.117. The molecule has 4 rings (SSSR count). The van der Waals surface area contributed by atoms with Gasteiger partial charge < -0.3 is 24.4 Å². The fraction of sp³-hybridized carbons (Fsp3) is 0.148. The zero-order chi connectivity index (χ0) is 26.2. The lowest BCUT2D eigenvalue weighted by Crippen LogP contribution is -2.35. The molecule has 0 aliphatic rings. The molecule has 0 unspecified atom stereocenters. The van der Waals surface area contributed by atoms with Gasteiger partial charge in [-0.1, -0.05) is 23.2 Å². The fourth-order valence-electron chi connectivity index (χ4n) is 3.45. The van der Waals surface area contributed by atoms with Crippen LogP contribution in [0.15, 0.2) is 83.4 Å². The Morgan fingerprint density at radius 3 is 2.59 bits per heavy atom. The van der Waals surface area contributed by atoms with Crippen LogP contribution in [0, 0.1) is 0 Å². The Bertz CT molecular complexity index is 1400. The Morgan fingerprint density at radius 1 is 1.08 bits per heavy atom. The van der Waals surface area contributed by atoms with E-state index in [1.807, 2.05) is 10.8 Å². The predicted octanol–water partition coefficient (Wildman–Crippen LogP) is 5.44. The van der Waals surface area contributed by atoms with E-state index in [1.54, 1.807) is 74.2 Å². The molecule has 2 amide bonds. The van der Waals surface area contributed by atoms with Crippen molar-refractivity contribution in [3.8, 4) is 17.1 Å². The van der Waals surface area contributed by atoms with Crippen LogP contribution in [0.4, 0.5) is 0 Å². The van der Waals surface area contributed by atoms with E-state index in [0.29, 0.717) is 52.4 Å². The van der Waals surface area contributed by atoms with Crippen LogP contribution in [-0.4, -0.2) is 35.0 Å². The van der Waals surface area contributed by atoms with Crippen LogP contribution in [-0.2, 0) is 11.3 Å². The average Bonchev–Trinajstić information content (AvgIpc) is 3.60. The molecule has 190 valence electrons. The number of benzene rings is 2. The minimum Gasteiger partial charge on any atom is -0.497 e. The predicted molar refractivity (Wildman–Crippen MR) is 142 cm³/mol. The van der Waals surface area contributed by atoms with Crippen LogP contribution < -0.4 is 15.4 Å². The average molecular weight is 539 g/mol. The van der Waals surface area contributed by atoms with E-state index < -0.39 is 11.8 Å². The van der Waals surface area contributed by atoms with E-state index in [9.17, 15) is 9.59 Å². The molecular formula is C27H24Cl2N4O4. The molecule has 0 atom stereocenters. The van der Waals surface area contributed by atoms with Gasteiger partial charge in [0.05, 0.1) is 23.5 Å². The highest BCUT2D eigenvalue weighted by atomic mass is 35.5.